The van der Waals surface area contributed by atoms with Crippen molar-refractivity contribution in [2.75, 3.05) is 31.9 Å². The summed E-state index contributed by atoms with van der Waals surface area (Å²) in [6.45, 7) is 3.51. The molecule has 0 spiro atoms. The van der Waals surface area contributed by atoms with E-state index in [9.17, 15) is 14.0 Å². The molecular formula is C23H27FN6O3S. The van der Waals surface area contributed by atoms with Gasteiger partial charge in [-0.05, 0) is 18.2 Å². The average Bonchev–Trinajstić information content (AvgIpc) is 3.48. The van der Waals surface area contributed by atoms with E-state index < -0.39 is 5.91 Å². The summed E-state index contributed by atoms with van der Waals surface area (Å²) in [7, 11) is 0. The number of nitrogens with two attached hydrogens (primary N) is 1. The van der Waals surface area contributed by atoms with Gasteiger partial charge in [0.2, 0.25) is 11.8 Å². The lowest BCUT2D eigenvalue weighted by molar-refractivity contribution is -0.130. The lowest BCUT2D eigenvalue weighted by Crippen LogP contribution is -2.48. The molecule has 34 heavy (non-hydrogen) atoms. The molecule has 180 valence electrons. The summed E-state index contributed by atoms with van der Waals surface area (Å²) in [4.78, 5) is 28.0. The molecule has 0 atom stereocenters. The normalized spacial score (nSPS) is 14.4. The molecule has 0 saturated carbocycles. The van der Waals surface area contributed by atoms with Crippen molar-refractivity contribution in [1.82, 2.24) is 24.6 Å². The summed E-state index contributed by atoms with van der Waals surface area (Å²) in [5.74, 6) is 0.963. The van der Waals surface area contributed by atoms with E-state index in [1.165, 1.54) is 17.8 Å². The van der Waals surface area contributed by atoms with Crippen molar-refractivity contribution < 1.29 is 18.4 Å². The van der Waals surface area contributed by atoms with Crippen LogP contribution in [0.5, 0.6) is 0 Å². The predicted molar refractivity (Wildman–Crippen MR) is 124 cm³/mol. The van der Waals surface area contributed by atoms with E-state index in [0.29, 0.717) is 62.2 Å². The number of aryl methyl sites for hydroxylation is 1. The number of aromatic nitrogens is 3. The number of hydrogen-bond acceptors (Lipinski definition) is 7. The van der Waals surface area contributed by atoms with Crippen molar-refractivity contribution in [3.63, 3.8) is 0 Å². The Labute approximate surface area is 201 Å². The van der Waals surface area contributed by atoms with Crippen molar-refractivity contribution in [2.24, 2.45) is 5.73 Å². The Morgan fingerprint density at radius 2 is 1.85 bits per heavy atom. The van der Waals surface area contributed by atoms with E-state index in [4.69, 9.17) is 10.2 Å². The van der Waals surface area contributed by atoms with Crippen molar-refractivity contribution in [3.8, 4) is 0 Å². The number of hydrogen-bond donors (Lipinski definition) is 1. The van der Waals surface area contributed by atoms with Crippen LogP contribution in [-0.4, -0.2) is 68.3 Å². The topological polar surface area (TPSA) is 110 Å². The molecule has 0 unspecified atom stereocenters. The van der Waals surface area contributed by atoms with E-state index in [1.54, 1.807) is 24.5 Å². The van der Waals surface area contributed by atoms with E-state index in [-0.39, 0.29) is 23.9 Å². The third-order valence-corrected chi connectivity index (χ3v) is 6.64. The molecule has 11 heteroatoms. The Hall–Kier alpha value is -3.18. The number of primary amides is 1. The van der Waals surface area contributed by atoms with Gasteiger partial charge in [-0.2, -0.15) is 0 Å². The molecule has 1 aromatic carbocycles. The SMILES string of the molecule is NC(=O)CCc1nnc(SCC(=O)N2CCN(Cc3ccccc3F)CC2)n1Cc1ccco1. The fourth-order valence-corrected chi connectivity index (χ4v) is 4.66. The molecule has 4 rings (SSSR count). The fourth-order valence-electron chi connectivity index (χ4n) is 3.80. The van der Waals surface area contributed by atoms with Gasteiger partial charge in [-0.15, -0.1) is 10.2 Å². The summed E-state index contributed by atoms with van der Waals surface area (Å²) < 4.78 is 21.2. The monoisotopic (exact) mass is 486 g/mol. The third kappa shape index (κ3) is 6.23. The van der Waals surface area contributed by atoms with Crippen LogP contribution < -0.4 is 5.73 Å². The second-order valence-electron chi connectivity index (χ2n) is 8.07. The Morgan fingerprint density at radius 3 is 2.56 bits per heavy atom. The molecule has 0 aliphatic carbocycles. The molecule has 3 aromatic rings. The highest BCUT2D eigenvalue weighted by molar-refractivity contribution is 7.99. The van der Waals surface area contributed by atoms with Crippen molar-refractivity contribution in [1.29, 1.82) is 0 Å². The van der Waals surface area contributed by atoms with E-state index in [0.717, 1.165) is 5.76 Å². The lowest BCUT2D eigenvalue weighted by atomic mass is 10.2. The van der Waals surface area contributed by atoms with Gasteiger partial charge >= 0.3 is 0 Å². The van der Waals surface area contributed by atoms with Crippen LogP contribution in [-0.2, 0) is 29.1 Å². The molecule has 0 bridgehead atoms. The first-order chi connectivity index (χ1) is 16.5. The maximum Gasteiger partial charge on any atom is 0.233 e. The highest BCUT2D eigenvalue weighted by Gasteiger charge is 2.23. The maximum atomic E-state index is 13.9. The van der Waals surface area contributed by atoms with Crippen molar-refractivity contribution in [3.05, 3.63) is 65.6 Å². The number of nitrogens with zero attached hydrogens (tertiary/aromatic N) is 5. The van der Waals surface area contributed by atoms with Crippen LogP contribution in [0.4, 0.5) is 4.39 Å². The van der Waals surface area contributed by atoms with Gasteiger partial charge in [0, 0.05) is 51.1 Å². The Kier molecular flexibility index (Phi) is 7.96. The van der Waals surface area contributed by atoms with E-state index in [2.05, 4.69) is 15.1 Å². The summed E-state index contributed by atoms with van der Waals surface area (Å²) in [6.07, 6.45) is 2.11. The average molecular weight is 487 g/mol. The highest BCUT2D eigenvalue weighted by atomic mass is 32.2. The second kappa shape index (κ2) is 11.3. The largest absolute Gasteiger partial charge is 0.467 e. The molecule has 1 fully saturated rings. The van der Waals surface area contributed by atoms with Crippen LogP contribution in [0.1, 0.15) is 23.6 Å². The molecule has 1 aliphatic rings. The number of amides is 2. The van der Waals surface area contributed by atoms with Gasteiger partial charge in [0.1, 0.15) is 17.4 Å². The van der Waals surface area contributed by atoms with Crippen molar-refractivity contribution in [2.45, 2.75) is 31.1 Å². The number of furan rings is 1. The highest BCUT2D eigenvalue weighted by Crippen LogP contribution is 2.21. The van der Waals surface area contributed by atoms with Crippen LogP contribution in [0.25, 0.3) is 0 Å². The van der Waals surface area contributed by atoms with Crippen LogP contribution in [0.2, 0.25) is 0 Å². The van der Waals surface area contributed by atoms with Gasteiger partial charge < -0.3 is 15.1 Å². The first kappa shape index (κ1) is 24.0. The number of piperazine rings is 1. The molecule has 1 saturated heterocycles. The number of thioether (sulfide) groups is 1. The summed E-state index contributed by atoms with van der Waals surface area (Å²) in [5, 5.41) is 9.01. The molecule has 2 amide bonds. The third-order valence-electron chi connectivity index (χ3n) is 5.68. The number of rotatable bonds is 10. The zero-order chi connectivity index (χ0) is 23.9. The molecule has 0 radical (unpaired) electrons. The number of benzene rings is 1. The Morgan fingerprint density at radius 1 is 1.06 bits per heavy atom. The number of carbonyl (C=O) groups excluding carboxylic acids is 2. The summed E-state index contributed by atoms with van der Waals surface area (Å²) in [5.41, 5.74) is 5.95. The van der Waals surface area contributed by atoms with Gasteiger partial charge in [-0.1, -0.05) is 30.0 Å². The smallest absolute Gasteiger partial charge is 0.233 e. The molecule has 1 aliphatic heterocycles. The minimum absolute atomic E-state index is 0.0155. The quantitative estimate of drug-likeness (QED) is 0.436. The Bertz CT molecular complexity index is 1110. The zero-order valence-electron chi connectivity index (χ0n) is 18.7. The van der Waals surface area contributed by atoms with Gasteiger partial charge in [0.05, 0.1) is 18.6 Å². The molecule has 3 heterocycles. The van der Waals surface area contributed by atoms with Crippen LogP contribution in [0.3, 0.4) is 0 Å². The van der Waals surface area contributed by atoms with Crippen LogP contribution in [0.15, 0.2) is 52.2 Å². The lowest BCUT2D eigenvalue weighted by Gasteiger charge is -2.34. The standard InChI is InChI=1S/C23H27FN6O3S/c24-19-6-2-1-4-17(19)14-28-9-11-29(12-10-28)22(32)16-34-23-27-26-21(8-7-20(25)31)30(23)15-18-5-3-13-33-18/h1-6,13H,7-12,14-16H2,(H2,25,31). The van der Waals surface area contributed by atoms with E-state index in [1.807, 2.05) is 21.6 Å². The van der Waals surface area contributed by atoms with Gasteiger partial charge in [-0.3, -0.25) is 19.1 Å². The van der Waals surface area contributed by atoms with E-state index >= 15 is 0 Å². The fraction of sp³-hybridized carbons (Fsp3) is 0.391. The minimum Gasteiger partial charge on any atom is -0.467 e. The Balaban J connectivity index is 1.32. The summed E-state index contributed by atoms with van der Waals surface area (Å²) in [6, 6.07) is 10.4. The van der Waals surface area contributed by atoms with Gasteiger partial charge in [0.25, 0.3) is 0 Å². The second-order valence-corrected chi connectivity index (χ2v) is 9.01. The number of carbonyl (C=O) groups is 2. The zero-order valence-corrected chi connectivity index (χ0v) is 19.5. The summed E-state index contributed by atoms with van der Waals surface area (Å²) >= 11 is 1.31. The van der Waals surface area contributed by atoms with Crippen molar-refractivity contribution >= 4 is 23.6 Å². The van der Waals surface area contributed by atoms with Gasteiger partial charge in [-0.25, -0.2) is 4.39 Å². The van der Waals surface area contributed by atoms with Crippen LogP contribution in [0, 0.1) is 5.82 Å². The first-order valence-electron chi connectivity index (χ1n) is 11.1. The number of halogens is 1. The molecular weight excluding hydrogens is 459 g/mol. The predicted octanol–water partition coefficient (Wildman–Crippen LogP) is 1.91. The van der Waals surface area contributed by atoms with Gasteiger partial charge in [0.15, 0.2) is 5.16 Å². The molecule has 9 nitrogen and oxygen atoms in total. The maximum absolute atomic E-state index is 13.9. The molecule has 2 aromatic heterocycles. The molecule has 2 N–H and O–H groups in total. The minimum atomic E-state index is -0.411. The first-order valence-corrected chi connectivity index (χ1v) is 12.1. The van der Waals surface area contributed by atoms with Crippen LogP contribution >= 0.6 is 11.8 Å².